The third kappa shape index (κ3) is 8.86. The van der Waals surface area contributed by atoms with E-state index in [0.717, 1.165) is 13.1 Å². The van der Waals surface area contributed by atoms with Gasteiger partial charge in [0.1, 0.15) is 6.54 Å². The number of amides is 1. The number of carbonyl (C=O) groups is 1. The topological polar surface area (TPSA) is 60.0 Å². The third-order valence-corrected chi connectivity index (χ3v) is 4.20. The number of hydrogen-bond acceptors (Lipinski definition) is 3. The Kier molecular flexibility index (Phi) is 13.0. The minimum atomic E-state index is -0.00761. The second kappa shape index (κ2) is 13.5. The van der Waals surface area contributed by atoms with Gasteiger partial charge in [0.05, 0.1) is 0 Å². The van der Waals surface area contributed by atoms with Gasteiger partial charge in [-0.1, -0.05) is 19.4 Å². The van der Waals surface area contributed by atoms with Crippen LogP contribution in [0.5, 0.6) is 0 Å². The summed E-state index contributed by atoms with van der Waals surface area (Å²) in [5, 5.41) is 6.48. The van der Waals surface area contributed by atoms with E-state index < -0.39 is 0 Å². The first-order valence-corrected chi connectivity index (χ1v) is 8.65. The highest BCUT2D eigenvalue weighted by molar-refractivity contribution is 14.0. The maximum Gasteiger partial charge on any atom is 0.243 e. The Morgan fingerprint density at radius 2 is 2.12 bits per heavy atom. The quantitative estimate of drug-likeness (QED) is 0.255. The largest absolute Gasteiger partial charge is 0.355 e. The van der Waals surface area contributed by atoms with Crippen LogP contribution in [0.25, 0.3) is 0 Å². The van der Waals surface area contributed by atoms with Gasteiger partial charge >= 0.3 is 0 Å². The van der Waals surface area contributed by atoms with E-state index in [1.807, 2.05) is 0 Å². The summed E-state index contributed by atoms with van der Waals surface area (Å²) >= 11 is 0. The van der Waals surface area contributed by atoms with Gasteiger partial charge in [-0.15, -0.1) is 30.6 Å². The molecule has 0 aromatic carbocycles. The number of carbonyl (C=O) groups excluding carboxylic acids is 1. The van der Waals surface area contributed by atoms with E-state index in [-0.39, 0.29) is 36.4 Å². The van der Waals surface area contributed by atoms with Crippen molar-refractivity contribution in [2.45, 2.75) is 38.6 Å². The number of hydrogen-bond donors (Lipinski definition) is 2. The summed E-state index contributed by atoms with van der Waals surface area (Å²) in [6, 6.07) is 0.711. The molecule has 140 valence electrons. The summed E-state index contributed by atoms with van der Waals surface area (Å²) in [6.45, 7) is 9.77. The van der Waals surface area contributed by atoms with Crippen molar-refractivity contribution in [2.24, 2.45) is 4.99 Å². The summed E-state index contributed by atoms with van der Waals surface area (Å²) in [5.74, 6) is 0.664. The first-order chi connectivity index (χ1) is 11.1. The predicted octanol–water partition coefficient (Wildman–Crippen LogP) is 1.68. The highest BCUT2D eigenvalue weighted by atomic mass is 127. The first-order valence-electron chi connectivity index (χ1n) is 8.65. The number of rotatable bonds is 8. The Morgan fingerprint density at radius 3 is 2.75 bits per heavy atom. The van der Waals surface area contributed by atoms with Crippen LogP contribution in [-0.2, 0) is 4.79 Å². The molecule has 0 aromatic heterocycles. The molecule has 1 atom stereocenters. The van der Waals surface area contributed by atoms with Crippen molar-refractivity contribution >= 4 is 35.8 Å². The molecule has 0 aliphatic carbocycles. The Morgan fingerprint density at radius 1 is 1.38 bits per heavy atom. The zero-order chi connectivity index (χ0) is 17.1. The molecule has 1 fully saturated rings. The summed E-state index contributed by atoms with van der Waals surface area (Å²) in [6.07, 6.45) is 6.95. The lowest BCUT2D eigenvalue weighted by Gasteiger charge is -2.35. The monoisotopic (exact) mass is 451 g/mol. The molecule has 0 radical (unpaired) electrons. The zero-order valence-corrected chi connectivity index (χ0v) is 17.7. The standard InChI is InChI=1S/C17H33N5O.HI/c1-5-10-18-17(20-14-16(23)21(3)4)19-11-13-22-12-8-7-9-15(22)6-2;/h5,15H,1,6-14H2,2-4H3,(H2,18,19,20);1H. The van der Waals surface area contributed by atoms with Crippen LogP contribution in [-0.4, -0.2) is 74.5 Å². The number of likely N-dealkylation sites (N-methyl/N-ethyl adjacent to an activating group) is 1. The van der Waals surface area contributed by atoms with E-state index in [9.17, 15) is 4.79 Å². The average molecular weight is 451 g/mol. The summed E-state index contributed by atoms with van der Waals surface area (Å²) < 4.78 is 0. The molecule has 1 unspecified atom stereocenters. The smallest absolute Gasteiger partial charge is 0.243 e. The fraction of sp³-hybridized carbons (Fsp3) is 0.765. The van der Waals surface area contributed by atoms with Crippen LogP contribution < -0.4 is 10.6 Å². The molecule has 0 saturated carbocycles. The van der Waals surface area contributed by atoms with E-state index in [4.69, 9.17) is 0 Å². The van der Waals surface area contributed by atoms with Crippen molar-refractivity contribution in [3.05, 3.63) is 12.7 Å². The molecule has 0 aromatic rings. The summed E-state index contributed by atoms with van der Waals surface area (Å²) in [7, 11) is 3.48. The van der Waals surface area contributed by atoms with E-state index in [1.54, 1.807) is 25.1 Å². The first kappa shape index (κ1) is 23.2. The highest BCUT2D eigenvalue weighted by Crippen LogP contribution is 2.18. The number of nitrogens with one attached hydrogen (secondary N) is 2. The lowest BCUT2D eigenvalue weighted by Crippen LogP contribution is -2.46. The number of piperidine rings is 1. The molecule has 1 amide bonds. The van der Waals surface area contributed by atoms with Crippen LogP contribution in [0.3, 0.4) is 0 Å². The molecule has 24 heavy (non-hydrogen) atoms. The van der Waals surface area contributed by atoms with Crippen molar-refractivity contribution in [1.82, 2.24) is 20.4 Å². The number of guanidine groups is 1. The van der Waals surface area contributed by atoms with Crippen molar-refractivity contribution in [3.8, 4) is 0 Å². The third-order valence-electron chi connectivity index (χ3n) is 4.20. The average Bonchev–Trinajstić information content (AvgIpc) is 2.56. The van der Waals surface area contributed by atoms with E-state index in [0.29, 0.717) is 18.5 Å². The van der Waals surface area contributed by atoms with Gasteiger partial charge in [0, 0.05) is 39.8 Å². The van der Waals surface area contributed by atoms with Gasteiger partial charge < -0.3 is 15.5 Å². The molecule has 1 saturated heterocycles. The fourth-order valence-corrected chi connectivity index (χ4v) is 2.77. The number of halogens is 1. The van der Waals surface area contributed by atoms with Gasteiger partial charge in [0.25, 0.3) is 0 Å². The highest BCUT2D eigenvalue weighted by Gasteiger charge is 2.19. The SMILES string of the molecule is C=CCNC(=NCC(=O)N(C)C)NCCN1CCCCC1CC.I. The van der Waals surface area contributed by atoms with Crippen molar-refractivity contribution in [3.63, 3.8) is 0 Å². The maximum atomic E-state index is 11.7. The Balaban J connectivity index is 0.00000529. The normalized spacial score (nSPS) is 18.5. The Labute approximate surface area is 164 Å². The van der Waals surface area contributed by atoms with E-state index >= 15 is 0 Å². The van der Waals surface area contributed by atoms with Crippen LogP contribution >= 0.6 is 24.0 Å². The second-order valence-electron chi connectivity index (χ2n) is 6.14. The van der Waals surface area contributed by atoms with Crippen LogP contribution in [0, 0.1) is 0 Å². The van der Waals surface area contributed by atoms with Crippen molar-refractivity contribution in [2.75, 3.05) is 46.8 Å². The van der Waals surface area contributed by atoms with Crippen LogP contribution in [0.4, 0.5) is 0 Å². The minimum absolute atomic E-state index is 0. The fourth-order valence-electron chi connectivity index (χ4n) is 2.77. The van der Waals surface area contributed by atoms with Gasteiger partial charge in [0.2, 0.25) is 5.91 Å². The van der Waals surface area contributed by atoms with E-state index in [1.165, 1.54) is 32.2 Å². The van der Waals surface area contributed by atoms with Gasteiger partial charge in [0.15, 0.2) is 5.96 Å². The molecule has 1 rings (SSSR count). The van der Waals surface area contributed by atoms with E-state index in [2.05, 4.69) is 34.0 Å². The summed E-state index contributed by atoms with van der Waals surface area (Å²) in [4.78, 5) is 20.1. The number of aliphatic imine (C=N–C) groups is 1. The Hall–Kier alpha value is -0.830. The molecule has 6 nitrogen and oxygen atoms in total. The Bertz CT molecular complexity index is 400. The number of nitrogens with zero attached hydrogens (tertiary/aromatic N) is 3. The van der Waals surface area contributed by atoms with Gasteiger partial charge in [-0.2, -0.15) is 0 Å². The maximum absolute atomic E-state index is 11.7. The van der Waals surface area contributed by atoms with Gasteiger partial charge in [-0.25, -0.2) is 4.99 Å². The van der Waals surface area contributed by atoms with Gasteiger partial charge in [-0.05, 0) is 25.8 Å². The van der Waals surface area contributed by atoms with Crippen LogP contribution in [0.15, 0.2) is 17.6 Å². The zero-order valence-electron chi connectivity index (χ0n) is 15.4. The molecule has 1 aliphatic rings. The van der Waals surface area contributed by atoms with Crippen molar-refractivity contribution in [1.29, 1.82) is 0 Å². The molecular formula is C17H34IN5O. The van der Waals surface area contributed by atoms with Crippen molar-refractivity contribution < 1.29 is 4.79 Å². The lowest BCUT2D eigenvalue weighted by atomic mass is 10.0. The van der Waals surface area contributed by atoms with Gasteiger partial charge in [-0.3, -0.25) is 9.69 Å². The predicted molar refractivity (Wildman–Crippen MR) is 112 cm³/mol. The molecule has 2 N–H and O–H groups in total. The van der Waals surface area contributed by atoms with Crippen LogP contribution in [0.2, 0.25) is 0 Å². The molecule has 0 spiro atoms. The molecular weight excluding hydrogens is 417 g/mol. The molecule has 1 aliphatic heterocycles. The van der Waals surface area contributed by atoms with Crippen LogP contribution in [0.1, 0.15) is 32.6 Å². The molecule has 7 heteroatoms. The molecule has 0 bridgehead atoms. The number of likely N-dealkylation sites (tertiary alicyclic amines) is 1. The lowest BCUT2D eigenvalue weighted by molar-refractivity contribution is -0.127. The molecule has 1 heterocycles. The second-order valence-corrected chi connectivity index (χ2v) is 6.14. The minimum Gasteiger partial charge on any atom is -0.355 e. The summed E-state index contributed by atoms with van der Waals surface area (Å²) in [5.41, 5.74) is 0.